The summed E-state index contributed by atoms with van der Waals surface area (Å²) >= 11 is 6.11. The van der Waals surface area contributed by atoms with E-state index in [1.54, 1.807) is 6.07 Å². The first-order valence-electron chi connectivity index (χ1n) is 6.34. The zero-order chi connectivity index (χ0) is 13.1. The van der Waals surface area contributed by atoms with Gasteiger partial charge in [0.05, 0.1) is 6.10 Å². The van der Waals surface area contributed by atoms with Gasteiger partial charge in [-0.25, -0.2) is 4.39 Å². The van der Waals surface area contributed by atoms with Gasteiger partial charge in [-0.15, -0.1) is 0 Å². The van der Waals surface area contributed by atoms with Crippen molar-refractivity contribution in [1.29, 1.82) is 0 Å². The topological polar surface area (TPSA) is 21.3 Å². The number of hydrogen-bond acceptors (Lipinski definition) is 2. The molecule has 1 N–H and O–H groups in total. The molecule has 0 spiro atoms. The van der Waals surface area contributed by atoms with Gasteiger partial charge in [-0.2, -0.15) is 0 Å². The molecule has 1 fully saturated rings. The Hall–Kier alpha value is -0.640. The summed E-state index contributed by atoms with van der Waals surface area (Å²) in [6, 6.07) is 4.80. The van der Waals surface area contributed by atoms with Crippen molar-refractivity contribution in [2.24, 2.45) is 5.92 Å². The Morgan fingerprint density at radius 3 is 2.94 bits per heavy atom. The van der Waals surface area contributed by atoms with Crippen molar-refractivity contribution < 1.29 is 9.13 Å². The molecule has 2 nitrogen and oxygen atoms in total. The maximum absolute atomic E-state index is 13.3. The Labute approximate surface area is 112 Å². The van der Waals surface area contributed by atoms with E-state index in [-0.39, 0.29) is 18.0 Å². The predicted octanol–water partition coefficient (Wildman–Crippen LogP) is 3.03. The van der Waals surface area contributed by atoms with Crippen molar-refractivity contribution in [1.82, 2.24) is 5.32 Å². The molecular weight excluding hydrogens is 253 g/mol. The van der Waals surface area contributed by atoms with Crippen molar-refractivity contribution in [2.45, 2.75) is 31.9 Å². The first-order chi connectivity index (χ1) is 8.61. The van der Waals surface area contributed by atoms with Crippen LogP contribution in [0.4, 0.5) is 4.39 Å². The molecule has 0 radical (unpaired) electrons. The minimum atomic E-state index is -0.236. The molecule has 3 unspecified atom stereocenters. The number of halogens is 2. The molecule has 4 heteroatoms. The molecule has 0 aliphatic carbocycles. The maximum Gasteiger partial charge on any atom is 0.123 e. The fraction of sp³-hybridized carbons (Fsp3) is 0.571. The minimum Gasteiger partial charge on any atom is -0.378 e. The summed E-state index contributed by atoms with van der Waals surface area (Å²) < 4.78 is 18.8. The van der Waals surface area contributed by atoms with Crippen molar-refractivity contribution in [3.05, 3.63) is 34.6 Å². The lowest BCUT2D eigenvalue weighted by Gasteiger charge is -2.26. The molecule has 0 saturated carbocycles. The predicted molar refractivity (Wildman–Crippen MR) is 71.5 cm³/mol. The average Bonchev–Trinajstić information content (AvgIpc) is 2.77. The number of benzene rings is 1. The van der Waals surface area contributed by atoms with Gasteiger partial charge in [0.25, 0.3) is 0 Å². The second-order valence-corrected chi connectivity index (χ2v) is 5.27. The second kappa shape index (κ2) is 6.00. The second-order valence-electron chi connectivity index (χ2n) is 4.86. The van der Waals surface area contributed by atoms with E-state index in [9.17, 15) is 4.39 Å². The van der Waals surface area contributed by atoms with Gasteiger partial charge in [-0.1, -0.05) is 11.6 Å². The number of hydrogen-bond donors (Lipinski definition) is 1. The molecule has 1 aromatic rings. The number of rotatable bonds is 4. The van der Waals surface area contributed by atoms with Crippen LogP contribution in [-0.2, 0) is 11.2 Å². The van der Waals surface area contributed by atoms with Crippen LogP contribution in [0.15, 0.2) is 18.2 Å². The number of ether oxygens (including phenoxy) is 1. The van der Waals surface area contributed by atoms with E-state index < -0.39 is 0 Å². The van der Waals surface area contributed by atoms with Crippen LogP contribution >= 0.6 is 11.6 Å². The summed E-state index contributed by atoms with van der Waals surface area (Å²) in [6.07, 6.45) is 2.01. The fourth-order valence-corrected chi connectivity index (χ4v) is 2.88. The molecule has 2 rings (SSSR count). The van der Waals surface area contributed by atoms with Gasteiger partial charge in [0.15, 0.2) is 0 Å². The summed E-state index contributed by atoms with van der Waals surface area (Å²) in [5.74, 6) is 0.217. The van der Waals surface area contributed by atoms with Gasteiger partial charge < -0.3 is 10.1 Å². The van der Waals surface area contributed by atoms with Gasteiger partial charge in [0.1, 0.15) is 5.82 Å². The highest BCUT2D eigenvalue weighted by molar-refractivity contribution is 6.31. The first-order valence-corrected chi connectivity index (χ1v) is 6.72. The lowest BCUT2D eigenvalue weighted by atomic mass is 9.89. The summed E-state index contributed by atoms with van der Waals surface area (Å²) in [5.41, 5.74) is 0.857. The molecule has 1 aliphatic heterocycles. The molecule has 100 valence electrons. The molecule has 1 saturated heterocycles. The monoisotopic (exact) mass is 271 g/mol. The van der Waals surface area contributed by atoms with Crippen LogP contribution in [0.3, 0.4) is 0 Å². The van der Waals surface area contributed by atoms with Gasteiger partial charge >= 0.3 is 0 Å². The van der Waals surface area contributed by atoms with E-state index in [2.05, 4.69) is 12.2 Å². The Kier molecular flexibility index (Phi) is 4.60. The summed E-state index contributed by atoms with van der Waals surface area (Å²) in [6.45, 7) is 2.90. The third-order valence-electron chi connectivity index (χ3n) is 3.77. The smallest absolute Gasteiger partial charge is 0.123 e. The molecule has 1 aliphatic rings. The van der Waals surface area contributed by atoms with Crippen molar-refractivity contribution in [3.8, 4) is 0 Å². The van der Waals surface area contributed by atoms with E-state index in [4.69, 9.17) is 16.3 Å². The molecule has 0 bridgehead atoms. The third kappa shape index (κ3) is 3.02. The van der Waals surface area contributed by atoms with Crippen LogP contribution in [0.25, 0.3) is 0 Å². The summed E-state index contributed by atoms with van der Waals surface area (Å²) in [7, 11) is 1.93. The standard InChI is InChI=1S/C14H19ClFNO/c1-9-12(5-6-18-9)14(17-2)8-10-7-11(16)3-4-13(10)15/h3-4,7,9,12,14,17H,5-6,8H2,1-2H3. The molecule has 0 amide bonds. The fourth-order valence-electron chi connectivity index (χ4n) is 2.68. The van der Waals surface area contributed by atoms with E-state index in [1.807, 2.05) is 7.05 Å². The Balaban J connectivity index is 2.12. The van der Waals surface area contributed by atoms with Crippen LogP contribution in [0, 0.1) is 11.7 Å². The largest absolute Gasteiger partial charge is 0.378 e. The number of nitrogens with one attached hydrogen (secondary N) is 1. The highest BCUT2D eigenvalue weighted by Gasteiger charge is 2.31. The SMILES string of the molecule is CNC(Cc1cc(F)ccc1Cl)C1CCOC1C. The minimum absolute atomic E-state index is 0.236. The third-order valence-corrected chi connectivity index (χ3v) is 4.14. The molecule has 1 heterocycles. The van der Waals surface area contributed by atoms with Gasteiger partial charge in [-0.3, -0.25) is 0 Å². The quantitative estimate of drug-likeness (QED) is 0.909. The summed E-state index contributed by atoms with van der Waals surface area (Å²) in [4.78, 5) is 0. The highest BCUT2D eigenvalue weighted by Crippen LogP contribution is 2.27. The van der Waals surface area contributed by atoms with Crippen molar-refractivity contribution in [2.75, 3.05) is 13.7 Å². The Morgan fingerprint density at radius 2 is 2.33 bits per heavy atom. The van der Waals surface area contributed by atoms with E-state index >= 15 is 0 Å². The van der Waals surface area contributed by atoms with Crippen LogP contribution in [0.2, 0.25) is 5.02 Å². The normalized spacial score (nSPS) is 25.3. The van der Waals surface area contributed by atoms with Gasteiger partial charge in [0, 0.05) is 23.6 Å². The van der Waals surface area contributed by atoms with Crippen LogP contribution in [0.5, 0.6) is 0 Å². The highest BCUT2D eigenvalue weighted by atomic mass is 35.5. The van der Waals surface area contributed by atoms with Crippen molar-refractivity contribution >= 4 is 11.6 Å². The average molecular weight is 272 g/mol. The zero-order valence-electron chi connectivity index (χ0n) is 10.7. The number of likely N-dealkylation sites (N-methyl/N-ethyl adjacent to an activating group) is 1. The van der Waals surface area contributed by atoms with Crippen molar-refractivity contribution in [3.63, 3.8) is 0 Å². The molecular formula is C14H19ClFNO. The lowest BCUT2D eigenvalue weighted by molar-refractivity contribution is 0.0963. The molecule has 18 heavy (non-hydrogen) atoms. The first kappa shape index (κ1) is 13.8. The van der Waals surface area contributed by atoms with Gasteiger partial charge in [0.2, 0.25) is 0 Å². The van der Waals surface area contributed by atoms with Crippen LogP contribution < -0.4 is 5.32 Å². The molecule has 1 aromatic carbocycles. The van der Waals surface area contributed by atoms with Crippen LogP contribution in [-0.4, -0.2) is 25.8 Å². The Morgan fingerprint density at radius 1 is 1.56 bits per heavy atom. The maximum atomic E-state index is 13.3. The van der Waals surface area contributed by atoms with Gasteiger partial charge in [-0.05, 0) is 50.6 Å². The zero-order valence-corrected chi connectivity index (χ0v) is 11.5. The van der Waals surface area contributed by atoms with E-state index in [0.29, 0.717) is 10.9 Å². The van der Waals surface area contributed by atoms with Crippen LogP contribution in [0.1, 0.15) is 18.9 Å². The van der Waals surface area contributed by atoms with E-state index in [0.717, 1.165) is 25.0 Å². The Bertz CT molecular complexity index is 413. The lowest BCUT2D eigenvalue weighted by Crippen LogP contribution is -2.38. The molecule has 0 aromatic heterocycles. The summed E-state index contributed by atoms with van der Waals surface area (Å²) in [5, 5.41) is 3.94. The van der Waals surface area contributed by atoms with E-state index in [1.165, 1.54) is 12.1 Å². The molecule has 3 atom stereocenters.